The molecule has 0 saturated carbocycles. The maximum atomic E-state index is 13.3. The van der Waals surface area contributed by atoms with Gasteiger partial charge in [-0.3, -0.25) is 9.59 Å². The van der Waals surface area contributed by atoms with Crippen molar-refractivity contribution in [2.24, 2.45) is 0 Å². The zero-order chi connectivity index (χ0) is 21.4. The van der Waals surface area contributed by atoms with E-state index in [1.165, 1.54) is 10.5 Å². The summed E-state index contributed by atoms with van der Waals surface area (Å²) >= 11 is 6.10. The third-order valence-corrected chi connectivity index (χ3v) is 5.78. The van der Waals surface area contributed by atoms with Crippen molar-refractivity contribution >= 4 is 45.6 Å². The third-order valence-electron chi connectivity index (χ3n) is 5.55. The monoisotopic (exact) mass is 426 g/mol. The predicted molar refractivity (Wildman–Crippen MR) is 125 cm³/mol. The van der Waals surface area contributed by atoms with Gasteiger partial charge in [0.2, 0.25) is 0 Å². The summed E-state index contributed by atoms with van der Waals surface area (Å²) in [6.07, 6.45) is 0.879. The van der Waals surface area contributed by atoms with Gasteiger partial charge in [0.25, 0.3) is 11.8 Å². The Hall–Kier alpha value is -3.63. The van der Waals surface area contributed by atoms with Crippen molar-refractivity contribution in [2.45, 2.75) is 6.42 Å². The molecule has 0 atom stereocenters. The highest BCUT2D eigenvalue weighted by molar-refractivity contribution is 6.37. The lowest BCUT2D eigenvalue weighted by Gasteiger charge is -2.28. The Balaban J connectivity index is 1.51. The molecule has 0 bridgehead atoms. The zero-order valence-corrected chi connectivity index (χ0v) is 17.4. The van der Waals surface area contributed by atoms with Crippen LogP contribution in [0.5, 0.6) is 0 Å². The molecule has 31 heavy (non-hydrogen) atoms. The molecule has 4 aromatic carbocycles. The van der Waals surface area contributed by atoms with E-state index in [1.54, 1.807) is 36.4 Å². The van der Waals surface area contributed by atoms with Crippen LogP contribution >= 0.6 is 11.6 Å². The average molecular weight is 427 g/mol. The van der Waals surface area contributed by atoms with Gasteiger partial charge in [-0.25, -0.2) is 4.90 Å². The molecule has 0 fully saturated rings. The Kier molecular flexibility index (Phi) is 4.92. The van der Waals surface area contributed by atoms with Crippen molar-refractivity contribution in [2.75, 3.05) is 16.8 Å². The molecule has 0 saturated heterocycles. The van der Waals surface area contributed by atoms with Gasteiger partial charge in [0.05, 0.1) is 5.69 Å². The number of carbonyl (C=O) groups excluding carboxylic acids is 2. The number of imide groups is 1. The van der Waals surface area contributed by atoms with E-state index in [1.807, 2.05) is 36.4 Å². The summed E-state index contributed by atoms with van der Waals surface area (Å²) in [5.74, 6) is -0.682. The quantitative estimate of drug-likeness (QED) is 0.401. The van der Waals surface area contributed by atoms with E-state index in [2.05, 4.69) is 17.4 Å². The SMILES string of the molecule is O=C1c2cccc3c(NCCc4ccccc4)ccc(c23)C(=O)N1c1cccc(Cl)c1. The van der Waals surface area contributed by atoms with E-state index >= 15 is 0 Å². The van der Waals surface area contributed by atoms with Gasteiger partial charge in [0.15, 0.2) is 0 Å². The molecule has 4 aromatic rings. The maximum absolute atomic E-state index is 13.3. The Morgan fingerprint density at radius 2 is 1.52 bits per heavy atom. The minimum atomic E-state index is -0.341. The molecule has 1 aliphatic heterocycles. The fourth-order valence-electron chi connectivity index (χ4n) is 4.09. The first-order valence-corrected chi connectivity index (χ1v) is 10.5. The summed E-state index contributed by atoms with van der Waals surface area (Å²) in [6.45, 7) is 0.749. The molecule has 1 N–H and O–H groups in total. The van der Waals surface area contributed by atoms with Crippen molar-refractivity contribution in [1.82, 2.24) is 0 Å². The van der Waals surface area contributed by atoms with Crippen molar-refractivity contribution in [3.8, 4) is 0 Å². The normalized spacial score (nSPS) is 13.0. The number of nitrogens with zero attached hydrogens (tertiary/aromatic N) is 1. The van der Waals surface area contributed by atoms with Crippen molar-refractivity contribution in [3.05, 3.63) is 107 Å². The predicted octanol–water partition coefficient (Wildman–Crippen LogP) is 5.95. The Morgan fingerprint density at radius 1 is 0.774 bits per heavy atom. The zero-order valence-electron chi connectivity index (χ0n) is 16.6. The van der Waals surface area contributed by atoms with Crippen LogP contribution < -0.4 is 10.2 Å². The smallest absolute Gasteiger partial charge is 0.265 e. The molecule has 1 aliphatic rings. The minimum absolute atomic E-state index is 0.341. The molecule has 0 spiro atoms. The van der Waals surface area contributed by atoms with Crippen LogP contribution in [0.15, 0.2) is 84.9 Å². The lowest BCUT2D eigenvalue weighted by atomic mass is 9.92. The summed E-state index contributed by atoms with van der Waals surface area (Å²) in [4.78, 5) is 27.8. The Labute approximate surface area is 185 Å². The van der Waals surface area contributed by atoms with E-state index in [0.29, 0.717) is 27.2 Å². The molecule has 0 aliphatic carbocycles. The molecule has 2 amide bonds. The van der Waals surface area contributed by atoms with Crippen molar-refractivity contribution < 1.29 is 9.59 Å². The molecule has 0 unspecified atom stereocenters. The van der Waals surface area contributed by atoms with E-state index in [4.69, 9.17) is 11.6 Å². The second kappa shape index (κ2) is 7.89. The van der Waals surface area contributed by atoms with Gasteiger partial charge in [0.1, 0.15) is 0 Å². The first kappa shape index (κ1) is 19.3. The molecular weight excluding hydrogens is 408 g/mol. The Morgan fingerprint density at radius 3 is 2.29 bits per heavy atom. The largest absolute Gasteiger partial charge is 0.384 e. The number of amides is 2. The number of hydrogen-bond donors (Lipinski definition) is 1. The molecule has 5 rings (SSSR count). The fourth-order valence-corrected chi connectivity index (χ4v) is 4.27. The molecule has 1 heterocycles. The van der Waals surface area contributed by atoms with Crippen LogP contribution in [0, 0.1) is 0 Å². The van der Waals surface area contributed by atoms with Crippen LogP contribution in [-0.4, -0.2) is 18.4 Å². The number of halogens is 1. The second-order valence-electron chi connectivity index (χ2n) is 7.48. The highest BCUT2D eigenvalue weighted by atomic mass is 35.5. The fraction of sp³-hybridized carbons (Fsp3) is 0.0769. The summed E-state index contributed by atoms with van der Waals surface area (Å²) < 4.78 is 0. The van der Waals surface area contributed by atoms with Gasteiger partial charge >= 0.3 is 0 Å². The summed E-state index contributed by atoms with van der Waals surface area (Å²) in [7, 11) is 0. The summed E-state index contributed by atoms with van der Waals surface area (Å²) in [5, 5.41) is 5.50. The van der Waals surface area contributed by atoms with E-state index in [-0.39, 0.29) is 11.8 Å². The molecule has 4 nitrogen and oxygen atoms in total. The third kappa shape index (κ3) is 3.45. The van der Waals surface area contributed by atoms with E-state index in [0.717, 1.165) is 24.0 Å². The highest BCUT2D eigenvalue weighted by Gasteiger charge is 2.34. The maximum Gasteiger partial charge on any atom is 0.265 e. The van der Waals surface area contributed by atoms with Gasteiger partial charge in [-0.2, -0.15) is 0 Å². The average Bonchev–Trinajstić information content (AvgIpc) is 2.79. The second-order valence-corrected chi connectivity index (χ2v) is 7.91. The van der Waals surface area contributed by atoms with Gasteiger partial charge in [-0.1, -0.05) is 60.1 Å². The van der Waals surface area contributed by atoms with Crippen LogP contribution in [0.3, 0.4) is 0 Å². The van der Waals surface area contributed by atoms with E-state index in [9.17, 15) is 9.59 Å². The van der Waals surface area contributed by atoms with Crippen LogP contribution in [0.2, 0.25) is 5.02 Å². The molecule has 5 heteroatoms. The first-order chi connectivity index (χ1) is 15.1. The van der Waals surface area contributed by atoms with Gasteiger partial charge < -0.3 is 5.32 Å². The van der Waals surface area contributed by atoms with Gasteiger partial charge in [-0.15, -0.1) is 0 Å². The van der Waals surface area contributed by atoms with E-state index < -0.39 is 0 Å². The van der Waals surface area contributed by atoms with Crippen molar-refractivity contribution in [3.63, 3.8) is 0 Å². The Bertz CT molecular complexity index is 1300. The standard InChI is InChI=1S/C26H19ClN2O2/c27-18-8-4-9-19(16-18)29-25(30)21-11-5-10-20-23(13-12-22(24(20)21)26(29)31)28-15-14-17-6-2-1-3-7-17/h1-13,16,28H,14-15H2. The molecule has 152 valence electrons. The number of anilines is 2. The number of rotatable bonds is 5. The highest BCUT2D eigenvalue weighted by Crippen LogP contribution is 2.36. The lowest BCUT2D eigenvalue weighted by Crippen LogP contribution is -2.40. The molecule has 0 radical (unpaired) electrons. The van der Waals surface area contributed by atoms with Gasteiger partial charge in [0, 0.05) is 39.2 Å². The first-order valence-electron chi connectivity index (χ1n) is 10.1. The van der Waals surface area contributed by atoms with Crippen LogP contribution in [0.1, 0.15) is 26.3 Å². The van der Waals surface area contributed by atoms with Crippen LogP contribution in [0.4, 0.5) is 11.4 Å². The van der Waals surface area contributed by atoms with Gasteiger partial charge in [-0.05, 0) is 48.4 Å². The number of nitrogens with one attached hydrogen (secondary N) is 1. The number of benzene rings is 4. The van der Waals surface area contributed by atoms with Crippen molar-refractivity contribution in [1.29, 1.82) is 0 Å². The number of hydrogen-bond acceptors (Lipinski definition) is 3. The molecular formula is C26H19ClN2O2. The van der Waals surface area contributed by atoms with Crippen LogP contribution in [-0.2, 0) is 6.42 Å². The lowest BCUT2D eigenvalue weighted by molar-refractivity contribution is 0.0893. The minimum Gasteiger partial charge on any atom is -0.384 e. The summed E-state index contributed by atoms with van der Waals surface area (Å²) in [5.41, 5.74) is 3.65. The van der Waals surface area contributed by atoms with Crippen LogP contribution in [0.25, 0.3) is 10.8 Å². The topological polar surface area (TPSA) is 49.4 Å². The summed E-state index contributed by atoms with van der Waals surface area (Å²) in [6, 6.07) is 26.3. The number of carbonyl (C=O) groups is 2. The molecule has 0 aromatic heterocycles.